The summed E-state index contributed by atoms with van der Waals surface area (Å²) in [6, 6.07) is 17.0. The lowest BCUT2D eigenvalue weighted by atomic mass is 10.1. The maximum atomic E-state index is 13.1. The van der Waals surface area contributed by atoms with Gasteiger partial charge in [0.1, 0.15) is 15.5 Å². The zero-order valence-corrected chi connectivity index (χ0v) is 21.3. The van der Waals surface area contributed by atoms with Gasteiger partial charge in [0.2, 0.25) is 0 Å². The van der Waals surface area contributed by atoms with Crippen LogP contribution in [-0.2, 0) is 0 Å². The number of hydrogen-bond acceptors (Lipinski definition) is 9. The van der Waals surface area contributed by atoms with E-state index in [4.69, 9.17) is 24.9 Å². The molecule has 8 nitrogen and oxygen atoms in total. The molecule has 0 aliphatic heterocycles. The number of fused-ring (bicyclic) bond motifs is 1. The molecule has 36 heavy (non-hydrogen) atoms. The van der Waals surface area contributed by atoms with Gasteiger partial charge >= 0.3 is 0 Å². The number of rotatable bonds is 7. The van der Waals surface area contributed by atoms with Crippen molar-refractivity contribution >= 4 is 49.6 Å². The molecule has 3 heterocycles. The zero-order chi connectivity index (χ0) is 25.2. The Morgan fingerprint density at radius 2 is 1.61 bits per heavy atom. The molecule has 5 rings (SSSR count). The smallest absolute Gasteiger partial charge is 0.269 e. The number of aromatic nitrogens is 2. The van der Waals surface area contributed by atoms with Crippen molar-refractivity contribution in [3.63, 3.8) is 0 Å². The molecule has 3 aromatic heterocycles. The van der Waals surface area contributed by atoms with E-state index in [2.05, 4.69) is 10.3 Å². The highest BCUT2D eigenvalue weighted by molar-refractivity contribution is 7.21. The molecule has 0 saturated heterocycles. The van der Waals surface area contributed by atoms with E-state index in [0.29, 0.717) is 37.7 Å². The molecule has 0 atom stereocenters. The summed E-state index contributed by atoms with van der Waals surface area (Å²) in [5.74, 6) is 1.69. The summed E-state index contributed by atoms with van der Waals surface area (Å²) >= 11 is 2.58. The van der Waals surface area contributed by atoms with Gasteiger partial charge in [0.05, 0.1) is 38.4 Å². The van der Waals surface area contributed by atoms with Crippen molar-refractivity contribution in [2.45, 2.75) is 0 Å². The van der Waals surface area contributed by atoms with Crippen LogP contribution < -0.4 is 25.3 Å². The van der Waals surface area contributed by atoms with Crippen LogP contribution in [0.5, 0.6) is 17.2 Å². The van der Waals surface area contributed by atoms with Gasteiger partial charge in [0, 0.05) is 21.9 Å². The van der Waals surface area contributed by atoms with Crippen molar-refractivity contribution in [2.75, 3.05) is 32.4 Å². The summed E-state index contributed by atoms with van der Waals surface area (Å²) in [4.78, 5) is 23.4. The fourth-order valence-electron chi connectivity index (χ4n) is 3.70. The number of amides is 1. The molecule has 0 radical (unpaired) electrons. The number of nitrogens with two attached hydrogens (primary N) is 1. The molecule has 0 spiro atoms. The van der Waals surface area contributed by atoms with Gasteiger partial charge in [-0.25, -0.2) is 9.97 Å². The topological polar surface area (TPSA) is 109 Å². The Labute approximate surface area is 215 Å². The average Bonchev–Trinajstić information content (AvgIpc) is 3.52. The number of thiophene rings is 1. The lowest BCUT2D eigenvalue weighted by molar-refractivity contribution is 0.103. The first-order valence-corrected chi connectivity index (χ1v) is 12.5. The lowest BCUT2D eigenvalue weighted by Crippen LogP contribution is -2.11. The van der Waals surface area contributed by atoms with Crippen molar-refractivity contribution in [3.05, 3.63) is 64.9 Å². The van der Waals surface area contributed by atoms with Gasteiger partial charge in [-0.3, -0.25) is 10.1 Å². The van der Waals surface area contributed by atoms with E-state index >= 15 is 0 Å². The van der Waals surface area contributed by atoms with E-state index in [1.165, 1.54) is 22.7 Å². The minimum absolute atomic E-state index is 0.324. The number of ether oxygens (including phenoxy) is 3. The van der Waals surface area contributed by atoms with Crippen LogP contribution >= 0.6 is 22.7 Å². The number of hydrogen-bond donors (Lipinski definition) is 2. The summed E-state index contributed by atoms with van der Waals surface area (Å²) in [5.41, 5.74) is 10.0. The van der Waals surface area contributed by atoms with E-state index in [1.54, 1.807) is 21.3 Å². The van der Waals surface area contributed by atoms with Crippen LogP contribution in [0.4, 0.5) is 10.8 Å². The van der Waals surface area contributed by atoms with Crippen LogP contribution in [0.1, 0.15) is 9.67 Å². The van der Waals surface area contributed by atoms with Crippen LogP contribution in [-0.4, -0.2) is 37.2 Å². The highest BCUT2D eigenvalue weighted by atomic mass is 32.1. The number of thiazole rings is 1. The Balaban J connectivity index is 1.38. The minimum Gasteiger partial charge on any atom is -0.497 e. The Kier molecular flexibility index (Phi) is 6.45. The van der Waals surface area contributed by atoms with E-state index in [9.17, 15) is 4.79 Å². The van der Waals surface area contributed by atoms with Gasteiger partial charge in [-0.1, -0.05) is 0 Å². The Bertz CT molecular complexity index is 1560. The van der Waals surface area contributed by atoms with Gasteiger partial charge in [-0.05, 0) is 54.6 Å². The zero-order valence-electron chi connectivity index (χ0n) is 19.7. The van der Waals surface area contributed by atoms with Crippen LogP contribution in [0.25, 0.3) is 32.7 Å². The second-order valence-corrected chi connectivity index (χ2v) is 9.54. The SMILES string of the molecule is COc1ccc(-c2ccc3c(N)c(C(=O)Nc4nc(-c5ccc(OC)c(OC)c5)cs4)sc3n2)cc1. The molecule has 3 N–H and O–H groups in total. The highest BCUT2D eigenvalue weighted by Crippen LogP contribution is 2.36. The fraction of sp³-hybridized carbons (Fsp3) is 0.115. The number of carbonyl (C=O) groups excluding carboxylic acids is 1. The fourth-order valence-corrected chi connectivity index (χ4v) is 5.41. The predicted octanol–water partition coefficient (Wildman–Crippen LogP) is 5.95. The van der Waals surface area contributed by atoms with E-state index < -0.39 is 0 Å². The van der Waals surface area contributed by atoms with Crippen molar-refractivity contribution in [1.82, 2.24) is 9.97 Å². The molecule has 0 fully saturated rings. The number of benzene rings is 2. The van der Waals surface area contributed by atoms with Crippen molar-refractivity contribution in [3.8, 4) is 39.8 Å². The quantitative estimate of drug-likeness (QED) is 0.274. The summed E-state index contributed by atoms with van der Waals surface area (Å²) in [6.45, 7) is 0. The van der Waals surface area contributed by atoms with Gasteiger partial charge < -0.3 is 19.9 Å². The van der Waals surface area contributed by atoms with E-state index in [0.717, 1.165) is 28.0 Å². The molecule has 5 aromatic rings. The maximum Gasteiger partial charge on any atom is 0.269 e. The van der Waals surface area contributed by atoms with E-state index in [1.807, 2.05) is 60.0 Å². The molecule has 182 valence electrons. The number of nitrogens with one attached hydrogen (secondary N) is 1. The second kappa shape index (κ2) is 9.84. The second-order valence-electron chi connectivity index (χ2n) is 7.68. The number of carbonyl (C=O) groups is 1. The van der Waals surface area contributed by atoms with Crippen molar-refractivity contribution < 1.29 is 19.0 Å². The summed E-state index contributed by atoms with van der Waals surface area (Å²) in [6.07, 6.45) is 0. The third kappa shape index (κ3) is 4.43. The minimum atomic E-state index is -0.324. The Hall–Kier alpha value is -4.15. The molecule has 0 unspecified atom stereocenters. The van der Waals surface area contributed by atoms with Crippen LogP contribution in [0.15, 0.2) is 60.0 Å². The number of methoxy groups -OCH3 is 3. The normalized spacial score (nSPS) is 10.9. The molecule has 0 saturated carbocycles. The van der Waals surface area contributed by atoms with Gasteiger partial charge in [-0.15, -0.1) is 22.7 Å². The summed E-state index contributed by atoms with van der Waals surface area (Å²) < 4.78 is 15.9. The monoisotopic (exact) mass is 518 g/mol. The Morgan fingerprint density at radius 3 is 2.33 bits per heavy atom. The number of pyridine rings is 1. The van der Waals surface area contributed by atoms with Crippen molar-refractivity contribution in [2.24, 2.45) is 0 Å². The van der Waals surface area contributed by atoms with Gasteiger partial charge in [0.25, 0.3) is 5.91 Å². The molecule has 1 amide bonds. The lowest BCUT2D eigenvalue weighted by Gasteiger charge is -2.08. The van der Waals surface area contributed by atoms with E-state index in [-0.39, 0.29) is 5.91 Å². The highest BCUT2D eigenvalue weighted by Gasteiger charge is 2.19. The number of nitrogen functional groups attached to an aromatic ring is 1. The molecular formula is C26H22N4O4S2. The first kappa shape index (κ1) is 23.6. The molecular weight excluding hydrogens is 496 g/mol. The maximum absolute atomic E-state index is 13.1. The number of nitrogens with zero attached hydrogens (tertiary/aromatic N) is 2. The van der Waals surface area contributed by atoms with Crippen LogP contribution in [0, 0.1) is 0 Å². The Morgan fingerprint density at radius 1 is 0.861 bits per heavy atom. The molecule has 10 heteroatoms. The first-order chi connectivity index (χ1) is 17.5. The van der Waals surface area contributed by atoms with Gasteiger partial charge in [-0.2, -0.15) is 0 Å². The largest absolute Gasteiger partial charge is 0.497 e. The predicted molar refractivity (Wildman–Crippen MR) is 145 cm³/mol. The third-order valence-electron chi connectivity index (χ3n) is 5.59. The number of anilines is 2. The first-order valence-electron chi connectivity index (χ1n) is 10.8. The van der Waals surface area contributed by atoms with Crippen molar-refractivity contribution in [1.29, 1.82) is 0 Å². The molecule has 0 aliphatic rings. The third-order valence-corrected chi connectivity index (χ3v) is 7.46. The molecule has 0 bridgehead atoms. The average molecular weight is 519 g/mol. The standard InChI is InChI=1S/C26H22N4O4S2/c1-32-16-7-4-14(5-8-16)18-10-9-17-22(27)23(36-25(17)28-18)24(31)30-26-29-19(13-35-26)15-6-11-20(33-2)21(12-15)34-3/h4-13H,27H2,1-3H3,(H,29,30,31). The summed E-state index contributed by atoms with van der Waals surface area (Å²) in [5, 5.41) is 5.94. The van der Waals surface area contributed by atoms with Crippen LogP contribution in [0.2, 0.25) is 0 Å². The molecule has 0 aliphatic carbocycles. The summed E-state index contributed by atoms with van der Waals surface area (Å²) in [7, 11) is 4.80. The molecule has 2 aromatic carbocycles. The van der Waals surface area contributed by atoms with Gasteiger partial charge in [0.15, 0.2) is 16.6 Å². The van der Waals surface area contributed by atoms with Crippen LogP contribution in [0.3, 0.4) is 0 Å².